The van der Waals surface area contributed by atoms with Crippen LogP contribution in [0.25, 0.3) is 0 Å². The van der Waals surface area contributed by atoms with Gasteiger partial charge in [-0.15, -0.1) is 11.8 Å². The lowest BCUT2D eigenvalue weighted by atomic mass is 10.2. The maximum atomic E-state index is 12.0. The Morgan fingerprint density at radius 2 is 2.08 bits per heavy atom. The van der Waals surface area contributed by atoms with Gasteiger partial charge in [-0.3, -0.25) is 0 Å². The van der Waals surface area contributed by atoms with E-state index in [0.29, 0.717) is 5.75 Å². The van der Waals surface area contributed by atoms with Crippen molar-refractivity contribution in [2.24, 2.45) is 0 Å². The molecule has 5 heteroatoms. The topological polar surface area (TPSA) is 17.1 Å². The summed E-state index contributed by atoms with van der Waals surface area (Å²) in [7, 11) is 0. The number of aldehydes is 1. The van der Waals surface area contributed by atoms with Gasteiger partial charge < -0.3 is 4.79 Å². The molecule has 0 spiro atoms. The molecule has 0 amide bonds. The van der Waals surface area contributed by atoms with E-state index < -0.39 is 18.2 Å². The molecule has 0 aromatic carbocycles. The summed E-state index contributed by atoms with van der Waals surface area (Å²) in [6, 6.07) is 0. The van der Waals surface area contributed by atoms with Gasteiger partial charge >= 0.3 is 6.18 Å². The lowest BCUT2D eigenvalue weighted by Crippen LogP contribution is -2.11. The Bertz CT molecular complexity index is 174. The minimum atomic E-state index is -4.37. The highest BCUT2D eigenvalue weighted by Gasteiger charge is 2.32. The Morgan fingerprint density at radius 3 is 2.42 bits per heavy atom. The molecule has 0 aliphatic carbocycles. The molecule has 0 heterocycles. The molecule has 0 radical (unpaired) electrons. The monoisotopic (exact) mass is 198 g/mol. The molecule has 0 aromatic rings. The first-order valence-electron chi connectivity index (χ1n) is 3.33. The molecule has 0 atom stereocenters. The van der Waals surface area contributed by atoms with Gasteiger partial charge in [0, 0.05) is 12.0 Å². The maximum Gasteiger partial charge on any atom is 0.413 e. The van der Waals surface area contributed by atoms with E-state index in [1.165, 1.54) is 0 Å². The van der Waals surface area contributed by atoms with Crippen LogP contribution >= 0.6 is 11.8 Å². The van der Waals surface area contributed by atoms with Crippen LogP contribution in [-0.4, -0.2) is 18.2 Å². The number of alkyl halides is 3. The Morgan fingerprint density at radius 1 is 1.50 bits per heavy atom. The van der Waals surface area contributed by atoms with Crippen LogP contribution in [0.5, 0.6) is 0 Å². The third kappa shape index (κ3) is 4.43. The van der Waals surface area contributed by atoms with Crippen LogP contribution < -0.4 is 0 Å². The molecular formula is C7H9F3OS. The second-order valence-corrected chi connectivity index (χ2v) is 3.11. The predicted molar refractivity (Wildman–Crippen MR) is 43.0 cm³/mol. The van der Waals surface area contributed by atoms with E-state index >= 15 is 0 Å². The molecule has 0 rings (SSSR count). The summed E-state index contributed by atoms with van der Waals surface area (Å²) >= 11 is 1.04. The molecular weight excluding hydrogens is 189 g/mol. The Kier molecular flexibility index (Phi) is 5.04. The highest BCUT2D eigenvalue weighted by atomic mass is 32.2. The number of allylic oxidation sites excluding steroid dienone is 1. The summed E-state index contributed by atoms with van der Waals surface area (Å²) in [6.07, 6.45) is -4.67. The third-order valence-corrected chi connectivity index (χ3v) is 1.84. The average molecular weight is 198 g/mol. The van der Waals surface area contributed by atoms with Crippen LogP contribution in [0.3, 0.4) is 0 Å². The van der Waals surface area contributed by atoms with Crippen LogP contribution in [0.1, 0.15) is 13.3 Å². The van der Waals surface area contributed by atoms with E-state index in [9.17, 15) is 18.0 Å². The van der Waals surface area contributed by atoms with Gasteiger partial charge in [0.05, 0.1) is 0 Å². The van der Waals surface area contributed by atoms with E-state index in [0.717, 1.165) is 17.2 Å². The fraction of sp³-hybridized carbons (Fsp3) is 0.571. The zero-order valence-electron chi connectivity index (χ0n) is 6.52. The van der Waals surface area contributed by atoms with Gasteiger partial charge in [0.25, 0.3) is 0 Å². The minimum Gasteiger partial charge on any atom is -0.303 e. The summed E-state index contributed by atoms with van der Waals surface area (Å²) in [5.74, 6) is 0.568. The summed E-state index contributed by atoms with van der Waals surface area (Å²) in [6.45, 7) is 1.75. The van der Waals surface area contributed by atoms with Crippen molar-refractivity contribution in [3.8, 4) is 0 Å². The summed E-state index contributed by atoms with van der Waals surface area (Å²) in [4.78, 5) is 9.87. The van der Waals surface area contributed by atoms with Crippen molar-refractivity contribution in [3.05, 3.63) is 11.0 Å². The molecule has 0 fully saturated rings. The van der Waals surface area contributed by atoms with Crippen molar-refractivity contribution in [1.82, 2.24) is 0 Å². The van der Waals surface area contributed by atoms with Crippen molar-refractivity contribution in [2.75, 3.05) is 5.75 Å². The predicted octanol–water partition coefficient (Wildman–Crippen LogP) is 2.77. The fourth-order valence-electron chi connectivity index (χ4n) is 0.504. The maximum absolute atomic E-state index is 12.0. The second kappa shape index (κ2) is 5.24. The normalized spacial score (nSPS) is 13.2. The molecule has 0 bridgehead atoms. The minimum absolute atomic E-state index is 0.259. The zero-order valence-corrected chi connectivity index (χ0v) is 7.34. The fourth-order valence-corrected chi connectivity index (χ4v) is 1.10. The van der Waals surface area contributed by atoms with Crippen LogP contribution in [-0.2, 0) is 4.79 Å². The second-order valence-electron chi connectivity index (χ2n) is 1.97. The summed E-state index contributed by atoms with van der Waals surface area (Å²) < 4.78 is 36.0. The van der Waals surface area contributed by atoms with Crippen molar-refractivity contribution >= 4 is 18.0 Å². The number of halogens is 3. The number of rotatable bonds is 4. The first-order chi connectivity index (χ1) is 5.52. The number of thioether (sulfide) groups is 1. The summed E-state index contributed by atoms with van der Waals surface area (Å²) in [5, 5.41) is 0.994. The molecule has 0 saturated heterocycles. The van der Waals surface area contributed by atoms with Crippen molar-refractivity contribution < 1.29 is 18.0 Å². The van der Waals surface area contributed by atoms with E-state index in [1.807, 2.05) is 0 Å². The standard InChI is InChI=1S/C7H9F3OS/c1-2-12-5-6(3-4-11)7(8,9)10/h4-5H,2-3H2,1H3. The summed E-state index contributed by atoms with van der Waals surface area (Å²) in [5.41, 5.74) is -0.774. The van der Waals surface area contributed by atoms with Crippen LogP contribution in [0, 0.1) is 0 Å². The number of hydrogen-bond acceptors (Lipinski definition) is 2. The largest absolute Gasteiger partial charge is 0.413 e. The average Bonchev–Trinajstić information content (AvgIpc) is 1.95. The first kappa shape index (κ1) is 11.6. The number of hydrogen-bond donors (Lipinski definition) is 0. The van der Waals surface area contributed by atoms with Gasteiger partial charge in [0.15, 0.2) is 0 Å². The third-order valence-electron chi connectivity index (χ3n) is 1.06. The molecule has 1 nitrogen and oxygen atoms in total. The van der Waals surface area contributed by atoms with E-state index in [2.05, 4.69) is 0 Å². The number of carbonyl (C=O) groups is 1. The zero-order chi connectivity index (χ0) is 9.61. The van der Waals surface area contributed by atoms with E-state index in [-0.39, 0.29) is 6.29 Å². The van der Waals surface area contributed by atoms with Gasteiger partial charge in [0.2, 0.25) is 0 Å². The highest BCUT2D eigenvalue weighted by Crippen LogP contribution is 2.29. The molecule has 0 aliphatic heterocycles. The lowest BCUT2D eigenvalue weighted by molar-refractivity contribution is -0.113. The van der Waals surface area contributed by atoms with Crippen LogP contribution in [0.2, 0.25) is 0 Å². The van der Waals surface area contributed by atoms with Gasteiger partial charge in [-0.05, 0) is 11.2 Å². The molecule has 0 N–H and O–H groups in total. The molecule has 0 unspecified atom stereocenters. The van der Waals surface area contributed by atoms with Crippen LogP contribution in [0.15, 0.2) is 11.0 Å². The lowest BCUT2D eigenvalue weighted by Gasteiger charge is -2.07. The molecule has 0 aromatic heterocycles. The van der Waals surface area contributed by atoms with Gasteiger partial charge in [-0.25, -0.2) is 0 Å². The molecule has 12 heavy (non-hydrogen) atoms. The van der Waals surface area contributed by atoms with E-state index in [1.54, 1.807) is 6.92 Å². The SMILES string of the molecule is CCSC=C(CC=O)C(F)(F)F. The molecule has 0 saturated carbocycles. The quantitative estimate of drug-likeness (QED) is 0.646. The molecule has 70 valence electrons. The van der Waals surface area contributed by atoms with Gasteiger partial charge in [-0.2, -0.15) is 13.2 Å². The van der Waals surface area contributed by atoms with Crippen LogP contribution in [0.4, 0.5) is 13.2 Å². The van der Waals surface area contributed by atoms with E-state index in [4.69, 9.17) is 0 Å². The highest BCUT2D eigenvalue weighted by molar-refractivity contribution is 8.02. The smallest absolute Gasteiger partial charge is 0.303 e. The molecule has 0 aliphatic rings. The Labute approximate surface area is 73.0 Å². The number of carbonyl (C=O) groups excluding carboxylic acids is 1. The Hall–Kier alpha value is -0.450. The Balaban J connectivity index is 4.31. The van der Waals surface area contributed by atoms with Crippen molar-refractivity contribution in [3.63, 3.8) is 0 Å². The van der Waals surface area contributed by atoms with Crippen molar-refractivity contribution in [2.45, 2.75) is 19.5 Å². The first-order valence-corrected chi connectivity index (χ1v) is 4.38. The van der Waals surface area contributed by atoms with Gasteiger partial charge in [-0.1, -0.05) is 6.92 Å². The van der Waals surface area contributed by atoms with Crippen molar-refractivity contribution in [1.29, 1.82) is 0 Å². The van der Waals surface area contributed by atoms with Gasteiger partial charge in [0.1, 0.15) is 6.29 Å².